The molecule has 2 aromatic heterocycles. The lowest BCUT2D eigenvalue weighted by Gasteiger charge is -2.21. The third-order valence-electron chi connectivity index (χ3n) is 12.8. The molecule has 272 valence electrons. The first-order valence-corrected chi connectivity index (χ1v) is 20.2. The molecule has 2 heterocycles. The van der Waals surface area contributed by atoms with Crippen molar-refractivity contribution in [3.63, 3.8) is 0 Å². The zero-order valence-electron chi connectivity index (χ0n) is 32.4. The zero-order valence-corrected chi connectivity index (χ0v) is 32.4. The Labute approximate surface area is 337 Å². The van der Waals surface area contributed by atoms with E-state index in [9.17, 15) is 0 Å². The number of benzene rings is 9. The monoisotopic (exact) mass is 738 g/mol. The Morgan fingerprint density at radius 2 is 1.00 bits per heavy atom. The van der Waals surface area contributed by atoms with E-state index < -0.39 is 0 Å². The fourth-order valence-electron chi connectivity index (χ4n) is 10.1. The van der Waals surface area contributed by atoms with Gasteiger partial charge in [0.25, 0.3) is 0 Å². The molecule has 11 aromatic rings. The highest BCUT2D eigenvalue weighted by Crippen LogP contribution is 2.52. The van der Waals surface area contributed by atoms with Gasteiger partial charge in [-0.25, -0.2) is 4.98 Å². The molecular formula is C56H38N2. The Kier molecular flexibility index (Phi) is 7.01. The smallest absolute Gasteiger partial charge is 0.0794 e. The second kappa shape index (κ2) is 12.4. The van der Waals surface area contributed by atoms with E-state index in [4.69, 9.17) is 4.98 Å². The van der Waals surface area contributed by atoms with Crippen molar-refractivity contribution in [2.75, 3.05) is 0 Å². The highest BCUT2D eigenvalue weighted by Gasteiger charge is 2.36. The van der Waals surface area contributed by atoms with Crippen LogP contribution >= 0.6 is 0 Å². The number of rotatable bonds is 4. The molecule has 0 amide bonds. The third-order valence-corrected chi connectivity index (χ3v) is 12.8. The normalized spacial score (nSPS) is 13.1. The van der Waals surface area contributed by atoms with Crippen LogP contribution in [0.5, 0.6) is 0 Å². The number of fused-ring (bicyclic) bond motifs is 12. The molecule has 0 fully saturated rings. The van der Waals surface area contributed by atoms with Gasteiger partial charge in [0.1, 0.15) is 0 Å². The van der Waals surface area contributed by atoms with Crippen LogP contribution in [-0.4, -0.2) is 9.55 Å². The van der Waals surface area contributed by atoms with E-state index in [1.807, 2.05) is 0 Å². The molecule has 0 N–H and O–H groups in total. The molecule has 0 bridgehead atoms. The lowest BCUT2D eigenvalue weighted by atomic mass is 9.82. The fraction of sp³-hybridized carbons (Fsp3) is 0.0536. The summed E-state index contributed by atoms with van der Waals surface area (Å²) in [7, 11) is 0. The minimum Gasteiger partial charge on any atom is -0.309 e. The summed E-state index contributed by atoms with van der Waals surface area (Å²) < 4.78 is 2.43. The Bertz CT molecular complexity index is 3440. The van der Waals surface area contributed by atoms with Crippen molar-refractivity contribution < 1.29 is 0 Å². The lowest BCUT2D eigenvalue weighted by molar-refractivity contribution is 0.660. The molecule has 0 saturated heterocycles. The van der Waals surface area contributed by atoms with Crippen molar-refractivity contribution in [2.24, 2.45) is 0 Å². The Morgan fingerprint density at radius 3 is 1.83 bits per heavy atom. The Morgan fingerprint density at radius 1 is 0.397 bits per heavy atom. The maximum Gasteiger partial charge on any atom is 0.0794 e. The Balaban J connectivity index is 1.08. The first-order chi connectivity index (χ1) is 28.5. The van der Waals surface area contributed by atoms with Crippen LogP contribution in [0.1, 0.15) is 25.0 Å². The number of para-hydroxylation sites is 1. The molecule has 12 rings (SSSR count). The number of nitrogens with zero attached hydrogens (tertiary/aromatic N) is 2. The molecule has 0 radical (unpaired) electrons. The number of hydrogen-bond acceptors (Lipinski definition) is 1. The second-order valence-corrected chi connectivity index (χ2v) is 16.3. The minimum atomic E-state index is -0.0612. The van der Waals surface area contributed by atoms with E-state index in [2.05, 4.69) is 213 Å². The molecule has 0 unspecified atom stereocenters. The number of hydrogen-bond donors (Lipinski definition) is 0. The van der Waals surface area contributed by atoms with Crippen LogP contribution in [0.2, 0.25) is 0 Å². The van der Waals surface area contributed by atoms with Crippen molar-refractivity contribution in [1.29, 1.82) is 0 Å². The van der Waals surface area contributed by atoms with Crippen molar-refractivity contribution >= 4 is 54.3 Å². The van der Waals surface area contributed by atoms with Gasteiger partial charge in [-0.2, -0.15) is 0 Å². The topological polar surface area (TPSA) is 17.8 Å². The second-order valence-electron chi connectivity index (χ2n) is 16.3. The van der Waals surface area contributed by atoms with Crippen molar-refractivity contribution in [1.82, 2.24) is 9.55 Å². The van der Waals surface area contributed by atoms with E-state index in [1.165, 1.54) is 93.2 Å². The van der Waals surface area contributed by atoms with E-state index in [1.54, 1.807) is 0 Å². The third kappa shape index (κ3) is 4.69. The van der Waals surface area contributed by atoms with Gasteiger partial charge < -0.3 is 4.57 Å². The van der Waals surface area contributed by atoms with Gasteiger partial charge in [0.2, 0.25) is 0 Å². The van der Waals surface area contributed by atoms with Crippen LogP contribution < -0.4 is 0 Å². The van der Waals surface area contributed by atoms with Gasteiger partial charge >= 0.3 is 0 Å². The van der Waals surface area contributed by atoms with Crippen molar-refractivity contribution in [2.45, 2.75) is 19.3 Å². The largest absolute Gasteiger partial charge is 0.309 e. The summed E-state index contributed by atoms with van der Waals surface area (Å²) in [5.74, 6) is 0. The molecule has 58 heavy (non-hydrogen) atoms. The quantitative estimate of drug-likeness (QED) is 0.164. The number of aromatic nitrogens is 2. The fourth-order valence-corrected chi connectivity index (χ4v) is 10.1. The van der Waals surface area contributed by atoms with Crippen molar-refractivity contribution in [3.05, 3.63) is 205 Å². The maximum atomic E-state index is 5.41. The van der Waals surface area contributed by atoms with Crippen LogP contribution in [0.25, 0.3) is 105 Å². The summed E-state index contributed by atoms with van der Waals surface area (Å²) >= 11 is 0. The molecule has 2 heteroatoms. The molecule has 0 atom stereocenters. The summed E-state index contributed by atoms with van der Waals surface area (Å²) in [5.41, 5.74) is 16.9. The molecule has 2 nitrogen and oxygen atoms in total. The minimum absolute atomic E-state index is 0.0612. The summed E-state index contributed by atoms with van der Waals surface area (Å²) in [6, 6.07) is 71.2. The molecule has 1 aliphatic rings. The summed E-state index contributed by atoms with van der Waals surface area (Å²) in [6.07, 6.45) is 0. The SMILES string of the molecule is CC1(C)c2ccccc2-c2c(-c3ccc4c(c3)c3c(-c5cccc(-c6ccc7c8ccccc8c8ccccc8c7n6)c5)cccc3n4-c3ccccc3)cccc21. The van der Waals surface area contributed by atoms with E-state index in [-0.39, 0.29) is 5.41 Å². The van der Waals surface area contributed by atoms with E-state index in [0.29, 0.717) is 0 Å². The summed E-state index contributed by atoms with van der Waals surface area (Å²) in [6.45, 7) is 4.71. The standard InChI is InChI=1S/C56H38N2/c1-56(2)48-26-11-10-23-46(48)53-39(24-13-27-49(53)56)36-29-32-51-47(34-36)54-40(25-14-28-52(54)58(51)38-17-4-3-5-18-38)35-15-12-16-37(33-35)50-31-30-45-43-21-7-6-19-41(43)42-20-8-9-22-44(42)55(45)57-50/h3-34H,1-2H3. The molecule has 0 aliphatic heterocycles. The highest BCUT2D eigenvalue weighted by atomic mass is 15.0. The number of pyridine rings is 1. The van der Waals surface area contributed by atoms with Gasteiger partial charge in [-0.3, -0.25) is 0 Å². The van der Waals surface area contributed by atoms with Gasteiger partial charge in [0.15, 0.2) is 0 Å². The van der Waals surface area contributed by atoms with Gasteiger partial charge in [-0.05, 0) is 109 Å². The van der Waals surface area contributed by atoms with Crippen LogP contribution in [0.4, 0.5) is 0 Å². The van der Waals surface area contributed by atoms with E-state index >= 15 is 0 Å². The predicted molar refractivity (Wildman–Crippen MR) is 245 cm³/mol. The first kappa shape index (κ1) is 32.9. The first-order valence-electron chi connectivity index (χ1n) is 20.2. The van der Waals surface area contributed by atoms with E-state index in [0.717, 1.165) is 22.5 Å². The van der Waals surface area contributed by atoms with Crippen LogP contribution in [0, 0.1) is 0 Å². The average molecular weight is 739 g/mol. The molecule has 1 aliphatic carbocycles. The van der Waals surface area contributed by atoms with Crippen LogP contribution in [-0.2, 0) is 5.41 Å². The molecular weight excluding hydrogens is 701 g/mol. The maximum absolute atomic E-state index is 5.41. The molecule has 0 spiro atoms. The van der Waals surface area contributed by atoms with Gasteiger partial charge in [-0.1, -0.05) is 159 Å². The summed E-state index contributed by atoms with van der Waals surface area (Å²) in [4.78, 5) is 5.41. The Hall–Kier alpha value is -7.29. The van der Waals surface area contributed by atoms with Gasteiger partial charge in [0.05, 0.1) is 22.2 Å². The predicted octanol–water partition coefficient (Wildman–Crippen LogP) is 14.9. The van der Waals surface area contributed by atoms with Crippen LogP contribution in [0.15, 0.2) is 194 Å². The molecule has 0 saturated carbocycles. The lowest BCUT2D eigenvalue weighted by Crippen LogP contribution is -2.14. The van der Waals surface area contributed by atoms with Gasteiger partial charge in [0, 0.05) is 38.2 Å². The zero-order chi connectivity index (χ0) is 38.5. The highest BCUT2D eigenvalue weighted by molar-refractivity contribution is 6.24. The summed E-state index contributed by atoms with van der Waals surface area (Å²) in [5, 5.41) is 8.58. The molecule has 9 aromatic carbocycles. The average Bonchev–Trinajstić information content (AvgIpc) is 3.75. The van der Waals surface area contributed by atoms with Gasteiger partial charge in [-0.15, -0.1) is 0 Å². The van der Waals surface area contributed by atoms with Crippen LogP contribution in [0.3, 0.4) is 0 Å². The van der Waals surface area contributed by atoms with Crippen molar-refractivity contribution in [3.8, 4) is 50.3 Å².